The molecule has 0 aliphatic carbocycles. The maximum absolute atomic E-state index is 5.78. The highest BCUT2D eigenvalue weighted by Gasteiger charge is 2.05. The minimum Gasteiger partial charge on any atom is -0.254 e. The van der Waals surface area contributed by atoms with Crippen molar-refractivity contribution in [2.45, 2.75) is 13.8 Å². The number of aromatic nitrogens is 4. The smallest absolute Gasteiger partial charge is 0.254 e. The van der Waals surface area contributed by atoms with Crippen molar-refractivity contribution in [3.05, 3.63) is 22.7 Å². The normalized spacial score (nSPS) is 10.9. The summed E-state index contributed by atoms with van der Waals surface area (Å²) >= 11 is 5.78. The monoisotopic (exact) mass is 182 g/mol. The fourth-order valence-electron chi connectivity index (χ4n) is 1.19. The van der Waals surface area contributed by atoms with Crippen LogP contribution in [0.4, 0.5) is 0 Å². The number of aryl methyl sites for hydroxylation is 2. The quantitative estimate of drug-likeness (QED) is 0.619. The Bertz CT molecular complexity index is 434. The van der Waals surface area contributed by atoms with Gasteiger partial charge in [-0.05, 0) is 31.5 Å². The molecule has 0 aliphatic heterocycles. The summed E-state index contributed by atoms with van der Waals surface area (Å²) < 4.78 is 1.70. The number of nitrogens with zero attached hydrogens (tertiary/aromatic N) is 4. The lowest BCUT2D eigenvalue weighted by Crippen LogP contribution is -1.95. The van der Waals surface area contributed by atoms with Crippen LogP contribution in [0.2, 0.25) is 5.28 Å². The Hall–Kier alpha value is -1.16. The number of fused-ring (bicyclic) bond motifs is 1. The lowest BCUT2D eigenvalue weighted by Gasteiger charge is -1.99. The highest BCUT2D eigenvalue weighted by molar-refractivity contribution is 6.28. The van der Waals surface area contributed by atoms with E-state index in [1.165, 1.54) is 0 Å². The summed E-state index contributed by atoms with van der Waals surface area (Å²) in [6.45, 7) is 3.85. The van der Waals surface area contributed by atoms with E-state index < -0.39 is 0 Å². The van der Waals surface area contributed by atoms with Crippen LogP contribution in [0.25, 0.3) is 5.78 Å². The third kappa shape index (κ3) is 0.956. The molecule has 0 N–H and O–H groups in total. The fourth-order valence-corrected chi connectivity index (χ4v) is 1.44. The van der Waals surface area contributed by atoms with Crippen molar-refractivity contribution in [1.29, 1.82) is 0 Å². The van der Waals surface area contributed by atoms with Crippen LogP contribution in [-0.4, -0.2) is 19.6 Å². The molecule has 2 heterocycles. The van der Waals surface area contributed by atoms with Gasteiger partial charge in [0.25, 0.3) is 5.78 Å². The van der Waals surface area contributed by atoms with Gasteiger partial charge in [-0.15, -0.1) is 10.2 Å². The van der Waals surface area contributed by atoms with Crippen molar-refractivity contribution in [2.24, 2.45) is 0 Å². The van der Waals surface area contributed by atoms with E-state index in [9.17, 15) is 0 Å². The molecule has 0 amide bonds. The van der Waals surface area contributed by atoms with Crippen LogP contribution in [0.1, 0.15) is 11.4 Å². The van der Waals surface area contributed by atoms with Crippen molar-refractivity contribution < 1.29 is 0 Å². The molecule has 2 aromatic rings. The lowest BCUT2D eigenvalue weighted by molar-refractivity contribution is 1.01. The van der Waals surface area contributed by atoms with Crippen LogP contribution in [-0.2, 0) is 0 Å². The van der Waals surface area contributed by atoms with Crippen molar-refractivity contribution in [3.63, 3.8) is 0 Å². The summed E-state index contributed by atoms with van der Waals surface area (Å²) in [5, 5.41) is 7.88. The number of rotatable bonds is 0. The molecule has 0 spiro atoms. The van der Waals surface area contributed by atoms with Crippen molar-refractivity contribution in [3.8, 4) is 0 Å². The Labute approximate surface area is 74.2 Å². The summed E-state index contributed by atoms with van der Waals surface area (Å²) in [5.41, 5.74) is 1.91. The molecule has 0 atom stereocenters. The zero-order valence-corrected chi connectivity index (χ0v) is 7.50. The summed E-state index contributed by atoms with van der Waals surface area (Å²) in [4.78, 5) is 4.16. The molecule has 0 saturated carbocycles. The molecule has 0 saturated heterocycles. The summed E-state index contributed by atoms with van der Waals surface area (Å²) in [6, 6.07) is 1.93. The Morgan fingerprint density at radius 2 is 2.08 bits per heavy atom. The number of halogens is 1. The molecule has 12 heavy (non-hydrogen) atoms. The Morgan fingerprint density at radius 3 is 2.83 bits per heavy atom. The molecule has 0 radical (unpaired) electrons. The molecule has 0 aliphatic rings. The maximum Gasteiger partial charge on any atom is 0.256 e. The zero-order chi connectivity index (χ0) is 8.72. The van der Waals surface area contributed by atoms with E-state index in [0.29, 0.717) is 11.1 Å². The minimum atomic E-state index is 0.356. The first-order chi connectivity index (χ1) is 5.68. The van der Waals surface area contributed by atoms with Gasteiger partial charge in [0.1, 0.15) is 0 Å². The van der Waals surface area contributed by atoms with Gasteiger partial charge >= 0.3 is 0 Å². The lowest BCUT2D eigenvalue weighted by atomic mass is 10.3. The van der Waals surface area contributed by atoms with E-state index in [0.717, 1.165) is 11.4 Å². The second-order valence-electron chi connectivity index (χ2n) is 2.64. The average molecular weight is 183 g/mol. The van der Waals surface area contributed by atoms with Crippen LogP contribution >= 0.6 is 11.6 Å². The van der Waals surface area contributed by atoms with E-state index >= 15 is 0 Å². The third-order valence-corrected chi connectivity index (χ3v) is 1.90. The number of hydrogen-bond acceptors (Lipinski definition) is 3. The average Bonchev–Trinajstić information content (AvgIpc) is 2.31. The molecular formula is C7H7ClN4. The van der Waals surface area contributed by atoms with Gasteiger partial charge in [-0.2, -0.15) is 0 Å². The molecular weight excluding hydrogens is 176 g/mol. The van der Waals surface area contributed by atoms with Crippen molar-refractivity contribution >= 4 is 17.4 Å². The zero-order valence-electron chi connectivity index (χ0n) is 6.74. The molecule has 2 aromatic heterocycles. The van der Waals surface area contributed by atoms with Crippen LogP contribution in [0, 0.1) is 13.8 Å². The topological polar surface area (TPSA) is 43.1 Å². The Balaban J connectivity index is 2.93. The second-order valence-corrected chi connectivity index (χ2v) is 2.98. The molecule has 0 unspecified atom stereocenters. The first-order valence-electron chi connectivity index (χ1n) is 3.53. The minimum absolute atomic E-state index is 0.356. The van der Waals surface area contributed by atoms with Gasteiger partial charge in [0.05, 0.1) is 0 Å². The molecule has 0 aromatic carbocycles. The molecule has 62 valence electrons. The highest BCUT2D eigenvalue weighted by Crippen LogP contribution is 2.10. The van der Waals surface area contributed by atoms with Crippen LogP contribution in [0.15, 0.2) is 6.07 Å². The van der Waals surface area contributed by atoms with Gasteiger partial charge in [-0.3, -0.25) is 4.40 Å². The van der Waals surface area contributed by atoms with Gasteiger partial charge in [-0.1, -0.05) is 0 Å². The van der Waals surface area contributed by atoms with E-state index in [1.807, 2.05) is 19.9 Å². The molecule has 4 nitrogen and oxygen atoms in total. The van der Waals surface area contributed by atoms with E-state index in [1.54, 1.807) is 4.40 Å². The maximum atomic E-state index is 5.78. The fraction of sp³-hybridized carbons (Fsp3) is 0.286. The van der Waals surface area contributed by atoms with Crippen LogP contribution in [0.5, 0.6) is 0 Å². The van der Waals surface area contributed by atoms with Crippen LogP contribution < -0.4 is 0 Å². The van der Waals surface area contributed by atoms with Crippen LogP contribution in [0.3, 0.4) is 0 Å². The van der Waals surface area contributed by atoms with Crippen molar-refractivity contribution in [2.75, 3.05) is 0 Å². The van der Waals surface area contributed by atoms with Gasteiger partial charge in [0, 0.05) is 11.4 Å². The highest BCUT2D eigenvalue weighted by atomic mass is 35.5. The molecule has 0 fully saturated rings. The SMILES string of the molecule is Cc1cc(C)n2c(Cl)nnc2n1. The first kappa shape index (κ1) is 7.49. The van der Waals surface area contributed by atoms with Gasteiger partial charge in [0.2, 0.25) is 5.28 Å². The summed E-state index contributed by atoms with van der Waals surface area (Å²) in [5.74, 6) is 0.553. The molecule has 5 heteroatoms. The van der Waals surface area contributed by atoms with E-state index in [-0.39, 0.29) is 0 Å². The molecule has 2 rings (SSSR count). The predicted molar refractivity (Wildman–Crippen MR) is 45.3 cm³/mol. The van der Waals surface area contributed by atoms with E-state index in [2.05, 4.69) is 15.2 Å². The largest absolute Gasteiger partial charge is 0.256 e. The third-order valence-electron chi connectivity index (χ3n) is 1.65. The summed E-state index contributed by atoms with van der Waals surface area (Å²) in [6.07, 6.45) is 0. The first-order valence-corrected chi connectivity index (χ1v) is 3.91. The van der Waals surface area contributed by atoms with Gasteiger partial charge in [0.15, 0.2) is 0 Å². The predicted octanol–water partition coefficient (Wildman–Crippen LogP) is 1.39. The van der Waals surface area contributed by atoms with Gasteiger partial charge in [-0.25, -0.2) is 4.98 Å². The Morgan fingerprint density at radius 1 is 1.33 bits per heavy atom. The van der Waals surface area contributed by atoms with Crippen molar-refractivity contribution in [1.82, 2.24) is 19.6 Å². The second kappa shape index (κ2) is 2.42. The molecule has 0 bridgehead atoms. The summed E-state index contributed by atoms with van der Waals surface area (Å²) in [7, 11) is 0. The van der Waals surface area contributed by atoms with E-state index in [4.69, 9.17) is 11.6 Å². The number of hydrogen-bond donors (Lipinski definition) is 0. The Kier molecular flexibility index (Phi) is 1.51. The standard InChI is InChI=1S/C7H7ClN4/c1-4-3-5(2)12-6(8)10-11-7(12)9-4/h3H,1-2H3. The van der Waals surface area contributed by atoms with Gasteiger partial charge < -0.3 is 0 Å².